The third kappa shape index (κ3) is 2.63. The molecule has 0 radical (unpaired) electrons. The lowest BCUT2D eigenvalue weighted by Gasteiger charge is -2.22. The predicted molar refractivity (Wildman–Crippen MR) is 80.6 cm³/mol. The minimum absolute atomic E-state index is 0.472. The van der Waals surface area contributed by atoms with Crippen molar-refractivity contribution in [2.75, 3.05) is 18.0 Å². The van der Waals surface area contributed by atoms with Gasteiger partial charge in [-0.3, -0.25) is 0 Å². The minimum Gasteiger partial charge on any atom is -0.389 e. The first kappa shape index (κ1) is 12.8. The first-order valence-electron chi connectivity index (χ1n) is 5.83. The molecule has 2 atom stereocenters. The maximum atomic E-state index is 5.79. The van der Waals surface area contributed by atoms with Gasteiger partial charge in [-0.05, 0) is 30.0 Å². The molecule has 2 unspecified atom stereocenters. The standard InChI is InChI=1S/C13H17BrN2S/c1-8-6-16(7-9(8)2)12-5-10(14)3-4-11(12)13(15)17/h3-5,8-9H,6-7H2,1-2H3,(H2,15,17). The summed E-state index contributed by atoms with van der Waals surface area (Å²) >= 11 is 8.63. The second-order valence-corrected chi connectivity index (χ2v) is 6.24. The summed E-state index contributed by atoms with van der Waals surface area (Å²) in [7, 11) is 0. The number of benzene rings is 1. The van der Waals surface area contributed by atoms with Crippen LogP contribution >= 0.6 is 28.1 Å². The van der Waals surface area contributed by atoms with Crippen molar-refractivity contribution < 1.29 is 0 Å². The molecular formula is C13H17BrN2S. The van der Waals surface area contributed by atoms with Gasteiger partial charge in [0, 0.05) is 28.8 Å². The van der Waals surface area contributed by atoms with Crippen LogP contribution in [-0.4, -0.2) is 18.1 Å². The highest BCUT2D eigenvalue weighted by atomic mass is 79.9. The van der Waals surface area contributed by atoms with E-state index in [1.54, 1.807) is 0 Å². The summed E-state index contributed by atoms with van der Waals surface area (Å²) in [4.78, 5) is 2.86. The van der Waals surface area contributed by atoms with E-state index < -0.39 is 0 Å². The molecule has 1 aromatic carbocycles. The van der Waals surface area contributed by atoms with Gasteiger partial charge >= 0.3 is 0 Å². The lowest BCUT2D eigenvalue weighted by molar-refractivity contribution is 0.494. The van der Waals surface area contributed by atoms with Crippen LogP contribution in [0.25, 0.3) is 0 Å². The molecule has 2 rings (SSSR count). The summed E-state index contributed by atoms with van der Waals surface area (Å²) in [6.45, 7) is 6.74. The van der Waals surface area contributed by atoms with Gasteiger partial charge in [-0.2, -0.15) is 0 Å². The smallest absolute Gasteiger partial charge is 0.106 e. The average Bonchev–Trinajstić information content (AvgIpc) is 2.58. The van der Waals surface area contributed by atoms with Gasteiger partial charge in [0.25, 0.3) is 0 Å². The molecule has 2 nitrogen and oxygen atoms in total. The summed E-state index contributed by atoms with van der Waals surface area (Å²) in [6.07, 6.45) is 0. The minimum atomic E-state index is 0.472. The van der Waals surface area contributed by atoms with Crippen molar-refractivity contribution in [1.82, 2.24) is 0 Å². The van der Waals surface area contributed by atoms with Gasteiger partial charge < -0.3 is 10.6 Å². The lowest BCUT2D eigenvalue weighted by Crippen LogP contribution is -2.23. The largest absolute Gasteiger partial charge is 0.389 e. The van der Waals surface area contributed by atoms with Crippen LogP contribution in [0.3, 0.4) is 0 Å². The van der Waals surface area contributed by atoms with Crippen molar-refractivity contribution in [3.8, 4) is 0 Å². The van der Waals surface area contributed by atoms with E-state index in [4.69, 9.17) is 18.0 Å². The van der Waals surface area contributed by atoms with E-state index in [-0.39, 0.29) is 0 Å². The maximum Gasteiger partial charge on any atom is 0.106 e. The second kappa shape index (κ2) is 4.94. The Morgan fingerprint density at radius 1 is 1.35 bits per heavy atom. The van der Waals surface area contributed by atoms with Gasteiger partial charge in [-0.1, -0.05) is 42.0 Å². The number of nitrogens with two attached hydrogens (primary N) is 1. The third-order valence-electron chi connectivity index (χ3n) is 3.55. The Morgan fingerprint density at radius 2 is 1.94 bits per heavy atom. The molecule has 1 aliphatic rings. The van der Waals surface area contributed by atoms with E-state index in [2.05, 4.69) is 40.7 Å². The van der Waals surface area contributed by atoms with Gasteiger partial charge in [0.2, 0.25) is 0 Å². The molecule has 1 aliphatic heterocycles. The zero-order chi connectivity index (χ0) is 12.6. The molecule has 0 amide bonds. The molecule has 0 aliphatic carbocycles. The molecular weight excluding hydrogens is 296 g/mol. The normalized spacial score (nSPS) is 24.1. The van der Waals surface area contributed by atoms with Crippen LogP contribution < -0.4 is 10.6 Å². The fourth-order valence-electron chi connectivity index (χ4n) is 2.30. The van der Waals surface area contributed by atoms with Crippen molar-refractivity contribution in [1.29, 1.82) is 0 Å². The van der Waals surface area contributed by atoms with E-state index >= 15 is 0 Å². The number of hydrogen-bond acceptors (Lipinski definition) is 2. The molecule has 1 saturated heterocycles. The first-order chi connectivity index (χ1) is 7.99. The molecule has 0 aromatic heterocycles. The Hall–Kier alpha value is -0.610. The molecule has 1 fully saturated rings. The number of anilines is 1. The molecule has 4 heteroatoms. The Kier molecular flexibility index (Phi) is 3.73. The van der Waals surface area contributed by atoms with E-state index in [0.717, 1.165) is 28.8 Å². The average molecular weight is 313 g/mol. The zero-order valence-corrected chi connectivity index (χ0v) is 12.5. The topological polar surface area (TPSA) is 29.3 Å². The van der Waals surface area contributed by atoms with Crippen LogP contribution in [0, 0.1) is 11.8 Å². The number of rotatable bonds is 2. The predicted octanol–water partition coefficient (Wildman–Crippen LogP) is 3.18. The third-order valence-corrected chi connectivity index (χ3v) is 4.27. The van der Waals surface area contributed by atoms with Crippen LogP contribution in [0.1, 0.15) is 19.4 Å². The lowest BCUT2D eigenvalue weighted by atomic mass is 10.0. The molecule has 92 valence electrons. The zero-order valence-electron chi connectivity index (χ0n) is 10.1. The molecule has 1 aromatic rings. The van der Waals surface area contributed by atoms with Gasteiger partial charge in [-0.15, -0.1) is 0 Å². The highest BCUT2D eigenvalue weighted by Crippen LogP contribution is 2.32. The summed E-state index contributed by atoms with van der Waals surface area (Å²) < 4.78 is 1.07. The number of thiocarbonyl (C=S) groups is 1. The Morgan fingerprint density at radius 3 is 2.47 bits per heavy atom. The van der Waals surface area contributed by atoms with Crippen molar-refractivity contribution >= 4 is 38.8 Å². The Bertz CT molecular complexity index is 437. The summed E-state index contributed by atoms with van der Waals surface area (Å²) in [6, 6.07) is 6.09. The Balaban J connectivity index is 2.37. The van der Waals surface area contributed by atoms with Gasteiger partial charge in [0.1, 0.15) is 4.99 Å². The van der Waals surface area contributed by atoms with Crippen molar-refractivity contribution in [3.05, 3.63) is 28.2 Å². The van der Waals surface area contributed by atoms with E-state index in [1.807, 2.05) is 12.1 Å². The molecule has 2 N–H and O–H groups in total. The fraction of sp³-hybridized carbons (Fsp3) is 0.462. The molecule has 1 heterocycles. The highest BCUT2D eigenvalue weighted by Gasteiger charge is 2.27. The van der Waals surface area contributed by atoms with E-state index in [9.17, 15) is 0 Å². The maximum absolute atomic E-state index is 5.79. The van der Waals surface area contributed by atoms with Crippen LogP contribution in [-0.2, 0) is 0 Å². The number of halogens is 1. The van der Waals surface area contributed by atoms with Gasteiger partial charge in [0.15, 0.2) is 0 Å². The summed E-state index contributed by atoms with van der Waals surface area (Å²) in [5, 5.41) is 0. The highest BCUT2D eigenvalue weighted by molar-refractivity contribution is 9.10. The first-order valence-corrected chi connectivity index (χ1v) is 7.03. The van der Waals surface area contributed by atoms with Crippen LogP contribution in [0.4, 0.5) is 5.69 Å². The molecule has 0 saturated carbocycles. The molecule has 17 heavy (non-hydrogen) atoms. The van der Waals surface area contributed by atoms with Gasteiger partial charge in [-0.25, -0.2) is 0 Å². The van der Waals surface area contributed by atoms with Crippen molar-refractivity contribution in [2.45, 2.75) is 13.8 Å². The second-order valence-electron chi connectivity index (χ2n) is 4.89. The summed E-state index contributed by atoms with van der Waals surface area (Å²) in [5.74, 6) is 1.43. The van der Waals surface area contributed by atoms with Crippen LogP contribution in [0.2, 0.25) is 0 Å². The van der Waals surface area contributed by atoms with E-state index in [1.165, 1.54) is 0 Å². The van der Waals surface area contributed by atoms with Crippen LogP contribution in [0.15, 0.2) is 22.7 Å². The Labute approximate surface area is 116 Å². The van der Waals surface area contributed by atoms with E-state index in [0.29, 0.717) is 16.8 Å². The SMILES string of the molecule is CC1CN(c2cc(Br)ccc2C(N)=S)CC1C. The molecule has 0 bridgehead atoms. The number of nitrogens with zero attached hydrogens (tertiary/aromatic N) is 1. The number of hydrogen-bond donors (Lipinski definition) is 1. The van der Waals surface area contributed by atoms with Crippen molar-refractivity contribution in [3.63, 3.8) is 0 Å². The summed E-state index contributed by atoms with van der Waals surface area (Å²) in [5.41, 5.74) is 7.92. The monoisotopic (exact) mass is 312 g/mol. The van der Waals surface area contributed by atoms with Crippen LogP contribution in [0.5, 0.6) is 0 Å². The molecule has 0 spiro atoms. The fourth-order valence-corrected chi connectivity index (χ4v) is 2.82. The quantitative estimate of drug-likeness (QED) is 0.850. The van der Waals surface area contributed by atoms with Crippen molar-refractivity contribution in [2.24, 2.45) is 17.6 Å². The van der Waals surface area contributed by atoms with Gasteiger partial charge in [0.05, 0.1) is 0 Å².